The van der Waals surface area contributed by atoms with Gasteiger partial charge in [0.05, 0.1) is 5.75 Å². The molecule has 27 heavy (non-hydrogen) atoms. The molecule has 0 saturated heterocycles. The van der Waals surface area contributed by atoms with Gasteiger partial charge in [-0.25, -0.2) is 17.9 Å². The number of benzene rings is 1. The van der Waals surface area contributed by atoms with Gasteiger partial charge in [0, 0.05) is 57.1 Å². The number of unbranched alkanes of at least 4 members (excludes halogenated alkanes) is 1. The van der Waals surface area contributed by atoms with Crippen LogP contribution >= 0.6 is 0 Å². The van der Waals surface area contributed by atoms with E-state index in [9.17, 15) is 13.2 Å². The van der Waals surface area contributed by atoms with E-state index in [0.29, 0.717) is 6.42 Å². The van der Waals surface area contributed by atoms with Gasteiger partial charge in [0.25, 0.3) is 0 Å². The molecule has 2 aliphatic carbocycles. The molecule has 1 aromatic rings. The zero-order valence-corrected chi connectivity index (χ0v) is 20.7. The third-order valence-electron chi connectivity index (χ3n) is 5.23. The molecular weight excluding hydrogens is 389 g/mol. The summed E-state index contributed by atoms with van der Waals surface area (Å²) in [6.07, 6.45) is 7.51. The molecule has 2 aliphatic rings. The summed E-state index contributed by atoms with van der Waals surface area (Å²) in [5, 5.41) is 2.87. The Kier molecular flexibility index (Phi) is 8.79. The first-order chi connectivity index (χ1) is 12.4. The fourth-order valence-corrected chi connectivity index (χ4v) is 5.04. The van der Waals surface area contributed by atoms with Gasteiger partial charge >= 0.3 is 6.03 Å². The van der Waals surface area contributed by atoms with Crippen LogP contribution in [0.25, 0.3) is 0 Å². The van der Waals surface area contributed by atoms with E-state index in [1.54, 1.807) is 0 Å². The number of carbonyl (C=O) groups is 1. The Balaban J connectivity index is 0.00000261. The Hall–Kier alpha value is 0.0364. The Morgan fingerprint density at radius 1 is 1.04 bits per heavy atom. The predicted molar refractivity (Wildman–Crippen MR) is 110 cm³/mol. The Morgan fingerprint density at radius 2 is 1.63 bits per heavy atom. The number of sulfonamides is 1. The maximum Gasteiger partial charge on any atom is 0.332 e. The average molecular weight is 419 g/mol. The van der Waals surface area contributed by atoms with E-state index in [2.05, 4.69) is 16.1 Å². The summed E-state index contributed by atoms with van der Waals surface area (Å²) in [6, 6.07) is 1.65. The van der Waals surface area contributed by atoms with Crippen molar-refractivity contribution in [2.75, 3.05) is 31.7 Å². The van der Waals surface area contributed by atoms with Crippen molar-refractivity contribution < 1.29 is 13.2 Å². The van der Waals surface area contributed by atoms with Crippen LogP contribution in [0.2, 0.25) is 0 Å². The van der Waals surface area contributed by atoms with Crippen LogP contribution in [0.5, 0.6) is 0 Å². The SMILES string of the molecule is CN(C)CCCCS(=O)(=O)NC(=O)Nc1c2c(cc3c1CCC3)CCC2.[K]. The molecule has 145 valence electrons. The minimum atomic E-state index is -3.61. The fourth-order valence-electron chi connectivity index (χ4n) is 4.02. The van der Waals surface area contributed by atoms with E-state index < -0.39 is 16.1 Å². The summed E-state index contributed by atoms with van der Waals surface area (Å²) in [5.74, 6) is -0.0285. The standard InChI is InChI=1S/C19H29N3O3S.K/c1-22(2)11-3-4-12-26(24,25)21-19(23)20-18-16-9-5-7-14(16)13-15-8-6-10-17(15)18;/h13H,3-12H2,1-2H3,(H2,20,21,23);. The molecule has 2 N–H and O–H groups in total. The fraction of sp³-hybridized carbons (Fsp3) is 0.632. The van der Waals surface area contributed by atoms with Gasteiger partial charge < -0.3 is 10.2 Å². The van der Waals surface area contributed by atoms with Crippen LogP contribution in [-0.2, 0) is 35.7 Å². The van der Waals surface area contributed by atoms with Crippen LogP contribution in [-0.4, -0.2) is 97.1 Å². The maximum atomic E-state index is 12.4. The first kappa shape index (κ1) is 23.3. The van der Waals surface area contributed by atoms with E-state index >= 15 is 0 Å². The van der Waals surface area contributed by atoms with Crippen molar-refractivity contribution in [3.63, 3.8) is 0 Å². The number of fused-ring (bicyclic) bond motifs is 2. The number of hydrogen-bond acceptors (Lipinski definition) is 4. The molecule has 8 heteroatoms. The number of anilines is 1. The van der Waals surface area contributed by atoms with Crippen LogP contribution in [0.4, 0.5) is 10.5 Å². The minimum absolute atomic E-state index is 0. The predicted octanol–water partition coefficient (Wildman–Crippen LogP) is 2.08. The van der Waals surface area contributed by atoms with E-state index in [1.165, 1.54) is 22.3 Å². The average Bonchev–Trinajstić information content (AvgIpc) is 3.19. The summed E-state index contributed by atoms with van der Waals surface area (Å²) in [7, 11) is 0.303. The third kappa shape index (κ3) is 6.26. The van der Waals surface area contributed by atoms with Gasteiger partial charge in [-0.2, -0.15) is 0 Å². The van der Waals surface area contributed by atoms with E-state index in [4.69, 9.17) is 0 Å². The number of nitrogens with one attached hydrogen (secondary N) is 2. The van der Waals surface area contributed by atoms with E-state index in [0.717, 1.165) is 57.2 Å². The number of hydrogen-bond donors (Lipinski definition) is 2. The second-order valence-electron chi connectivity index (χ2n) is 7.62. The third-order valence-corrected chi connectivity index (χ3v) is 6.55. The topological polar surface area (TPSA) is 78.5 Å². The zero-order valence-electron chi connectivity index (χ0n) is 16.7. The monoisotopic (exact) mass is 418 g/mol. The molecule has 0 fully saturated rings. The van der Waals surface area contributed by atoms with E-state index in [-0.39, 0.29) is 57.1 Å². The molecule has 0 atom stereocenters. The van der Waals surface area contributed by atoms with Gasteiger partial charge in [-0.3, -0.25) is 0 Å². The van der Waals surface area contributed by atoms with Gasteiger partial charge in [0.2, 0.25) is 10.0 Å². The molecule has 3 rings (SSSR count). The molecule has 0 aliphatic heterocycles. The van der Waals surface area contributed by atoms with Gasteiger partial charge in [0.15, 0.2) is 0 Å². The second-order valence-corrected chi connectivity index (χ2v) is 9.46. The molecule has 0 saturated carbocycles. The molecule has 6 nitrogen and oxygen atoms in total. The molecule has 0 aromatic heterocycles. The van der Waals surface area contributed by atoms with Crippen molar-refractivity contribution in [1.82, 2.24) is 9.62 Å². The van der Waals surface area contributed by atoms with Crippen LogP contribution in [0.3, 0.4) is 0 Å². The van der Waals surface area contributed by atoms with Crippen LogP contribution in [0, 0.1) is 0 Å². The zero-order chi connectivity index (χ0) is 18.7. The Morgan fingerprint density at radius 3 is 2.19 bits per heavy atom. The number of aryl methyl sites for hydroxylation is 2. The maximum absolute atomic E-state index is 12.4. The van der Waals surface area contributed by atoms with Crippen LogP contribution in [0.1, 0.15) is 47.9 Å². The summed E-state index contributed by atoms with van der Waals surface area (Å²) in [4.78, 5) is 14.4. The molecule has 0 heterocycles. The largest absolute Gasteiger partial charge is 0.332 e. The normalized spacial score (nSPS) is 15.2. The first-order valence-electron chi connectivity index (χ1n) is 9.48. The minimum Gasteiger partial charge on any atom is -0.309 e. The van der Waals surface area contributed by atoms with Gasteiger partial charge in [-0.1, -0.05) is 6.07 Å². The quantitative estimate of drug-likeness (QED) is 0.525. The number of carbonyl (C=O) groups excluding carboxylic acids is 1. The molecular formula is C19H29KN3O3S. The van der Waals surface area contributed by atoms with Gasteiger partial charge in [-0.05, 0) is 94.3 Å². The van der Waals surface area contributed by atoms with Crippen LogP contribution in [0.15, 0.2) is 6.07 Å². The summed E-state index contributed by atoms with van der Waals surface area (Å²) in [5.41, 5.74) is 5.89. The summed E-state index contributed by atoms with van der Waals surface area (Å²) >= 11 is 0. The van der Waals surface area contributed by atoms with Crippen LogP contribution < -0.4 is 10.0 Å². The molecule has 2 amide bonds. The number of urea groups is 1. The van der Waals surface area contributed by atoms with Crippen molar-refractivity contribution in [2.24, 2.45) is 0 Å². The van der Waals surface area contributed by atoms with Gasteiger partial charge in [-0.15, -0.1) is 0 Å². The van der Waals surface area contributed by atoms with E-state index in [1.807, 2.05) is 19.0 Å². The first-order valence-corrected chi connectivity index (χ1v) is 11.1. The number of rotatable bonds is 7. The second kappa shape index (κ2) is 10.2. The molecule has 1 radical (unpaired) electrons. The smallest absolute Gasteiger partial charge is 0.309 e. The molecule has 0 bridgehead atoms. The number of nitrogens with zero attached hydrogens (tertiary/aromatic N) is 1. The Labute approximate surface area is 205 Å². The van der Waals surface area contributed by atoms with Crippen molar-refractivity contribution >= 4 is 73.1 Å². The van der Waals surface area contributed by atoms with Gasteiger partial charge in [0.1, 0.15) is 0 Å². The Bertz CT molecular complexity index is 762. The molecule has 0 unspecified atom stereocenters. The van der Waals surface area contributed by atoms with Crippen molar-refractivity contribution in [2.45, 2.75) is 51.4 Å². The van der Waals surface area contributed by atoms with Crippen molar-refractivity contribution in [3.8, 4) is 0 Å². The summed E-state index contributed by atoms with van der Waals surface area (Å²) in [6.45, 7) is 0.837. The molecule has 1 aromatic carbocycles. The van der Waals surface area contributed by atoms with Crippen molar-refractivity contribution in [1.29, 1.82) is 0 Å². The summed E-state index contributed by atoms with van der Waals surface area (Å²) < 4.78 is 26.5. The van der Waals surface area contributed by atoms with Crippen molar-refractivity contribution in [3.05, 3.63) is 28.3 Å². The number of amides is 2. The molecule has 0 spiro atoms.